The van der Waals surface area contributed by atoms with Gasteiger partial charge in [-0.3, -0.25) is 0 Å². The first kappa shape index (κ1) is 55.4. The molecule has 0 N–H and O–H groups in total. The van der Waals surface area contributed by atoms with E-state index in [1.54, 1.807) is 0 Å². The Bertz CT molecular complexity index is 1150. The molecule has 0 heterocycles. The number of hydrogen-bond donors (Lipinski definition) is 0. The molecule has 0 aromatic carbocycles. The van der Waals surface area contributed by atoms with Gasteiger partial charge >= 0.3 is 315 Å². The number of alkyl halides is 13. The number of hydrogen-bond acceptors (Lipinski definition) is 3. The van der Waals surface area contributed by atoms with Crippen LogP contribution in [-0.4, -0.2) is 68.2 Å². The number of rotatable bonds is 35. The number of halogens is 13. The first-order valence-corrected chi connectivity index (χ1v) is 25.0. The molecule has 0 bridgehead atoms. The van der Waals surface area contributed by atoms with Gasteiger partial charge in [0.1, 0.15) is 0 Å². The van der Waals surface area contributed by atoms with E-state index in [0.29, 0.717) is 70.6 Å². The van der Waals surface area contributed by atoms with Crippen molar-refractivity contribution in [2.24, 2.45) is 0 Å². The molecule has 0 fully saturated rings. The Balaban J connectivity index is 7.05. The molecule has 0 radical (unpaired) electrons. The fourth-order valence-corrected chi connectivity index (χ4v) is 16.9. The van der Waals surface area contributed by atoms with Crippen LogP contribution in [-0.2, 0) is 14.1 Å². The molecule has 0 atom stereocenters. The predicted molar refractivity (Wildman–Crippen MR) is 201 cm³/mol. The monoisotopic (exact) mass is 882 g/mol. The van der Waals surface area contributed by atoms with E-state index in [1.165, 1.54) is 12.8 Å². The van der Waals surface area contributed by atoms with E-state index in [-0.39, 0.29) is 50.3 Å². The second-order valence-electron chi connectivity index (χ2n) is 15.7. The van der Waals surface area contributed by atoms with Gasteiger partial charge in [0, 0.05) is 0 Å². The summed E-state index contributed by atoms with van der Waals surface area (Å²) in [6.45, 7) is 2.90. The van der Waals surface area contributed by atoms with Crippen LogP contribution in [0.4, 0.5) is 57.1 Å². The second kappa shape index (κ2) is 24.0. The van der Waals surface area contributed by atoms with Crippen molar-refractivity contribution >= 4 is 16.9 Å². The maximum absolute atomic E-state index is 15.6. The molecule has 0 aromatic heterocycles. The molecular formula is C38H68F13O3PS. The normalized spacial score (nSPS) is 15.0. The average Bonchev–Trinajstić information content (AvgIpc) is 3.10. The zero-order chi connectivity index (χ0) is 43.5. The van der Waals surface area contributed by atoms with Crippen molar-refractivity contribution in [3.05, 3.63) is 0 Å². The van der Waals surface area contributed by atoms with Gasteiger partial charge in [-0.15, -0.1) is 0 Å². The van der Waals surface area contributed by atoms with Gasteiger partial charge in [0.25, 0.3) is 0 Å². The summed E-state index contributed by atoms with van der Waals surface area (Å²) < 4.78 is 217. The summed E-state index contributed by atoms with van der Waals surface area (Å²) in [7, 11) is -7.42. The molecule has 0 aliphatic rings. The molecule has 0 aliphatic heterocycles. The van der Waals surface area contributed by atoms with Crippen molar-refractivity contribution in [3.8, 4) is 0 Å². The van der Waals surface area contributed by atoms with Crippen LogP contribution in [0.1, 0.15) is 182 Å². The maximum atomic E-state index is 15.6. The van der Waals surface area contributed by atoms with Crippen molar-refractivity contribution in [2.75, 3.05) is 24.6 Å². The summed E-state index contributed by atoms with van der Waals surface area (Å²) in [5.41, 5.74) is 0. The standard InChI is InChI=1S/C38H68F13O3PS/c1-5-9-13-17-18-19-20-21-22-23-24-28-32-55(29-25-14-10-6-2,30-26-15-11-7-3,31-27-16-12-8-4)54-56(52,53)38(50,51)36(45,46)34(41,42)33(39,40)35(43,44)37(47,48)49/h5-32H2,1-4H3. The van der Waals surface area contributed by atoms with Crippen molar-refractivity contribution in [2.45, 2.75) is 217 Å². The third kappa shape index (κ3) is 14.6. The molecule has 0 aliphatic carbocycles. The van der Waals surface area contributed by atoms with Gasteiger partial charge in [0.15, 0.2) is 0 Å². The van der Waals surface area contributed by atoms with Gasteiger partial charge in [0.05, 0.1) is 0 Å². The molecule has 18 heteroatoms. The van der Waals surface area contributed by atoms with Gasteiger partial charge in [-0.1, -0.05) is 13.3 Å². The summed E-state index contributed by atoms with van der Waals surface area (Å²) >= 11 is 0. The van der Waals surface area contributed by atoms with Crippen LogP contribution in [0.25, 0.3) is 0 Å². The third-order valence-electron chi connectivity index (χ3n) is 10.8. The van der Waals surface area contributed by atoms with Gasteiger partial charge in [-0.2, -0.15) is 0 Å². The summed E-state index contributed by atoms with van der Waals surface area (Å²) in [4.78, 5) is 0. The van der Waals surface area contributed by atoms with E-state index in [9.17, 15) is 47.9 Å². The van der Waals surface area contributed by atoms with Crippen LogP contribution >= 0.6 is 6.83 Å². The average molecular weight is 883 g/mol. The van der Waals surface area contributed by atoms with Crippen LogP contribution in [0.15, 0.2) is 0 Å². The van der Waals surface area contributed by atoms with Crippen LogP contribution in [0.3, 0.4) is 0 Å². The predicted octanol–water partition coefficient (Wildman–Crippen LogP) is 15.9. The van der Waals surface area contributed by atoms with E-state index in [4.69, 9.17) is 3.97 Å². The first-order chi connectivity index (χ1) is 25.8. The minimum absolute atomic E-state index is 0.176. The fourth-order valence-electron chi connectivity index (χ4n) is 7.22. The van der Waals surface area contributed by atoms with E-state index < -0.39 is 52.1 Å². The van der Waals surface area contributed by atoms with Crippen LogP contribution in [0.2, 0.25) is 0 Å². The van der Waals surface area contributed by atoms with E-state index in [2.05, 4.69) is 6.92 Å². The zero-order valence-electron chi connectivity index (χ0n) is 33.8. The molecule has 0 aromatic rings. The van der Waals surface area contributed by atoms with Gasteiger partial charge in [0.2, 0.25) is 0 Å². The fraction of sp³-hybridized carbons (Fsp3) is 1.00. The Labute approximate surface area is 327 Å². The summed E-state index contributed by atoms with van der Waals surface area (Å²) in [6.07, 6.45) is 8.07. The summed E-state index contributed by atoms with van der Waals surface area (Å²) in [5.74, 6) is -32.4. The Morgan fingerprint density at radius 2 is 0.589 bits per heavy atom. The van der Waals surface area contributed by atoms with Crippen LogP contribution in [0.5, 0.6) is 0 Å². The van der Waals surface area contributed by atoms with Gasteiger partial charge in [-0.05, 0) is 0 Å². The van der Waals surface area contributed by atoms with E-state index in [1.807, 2.05) is 20.8 Å². The van der Waals surface area contributed by atoms with Crippen molar-refractivity contribution in [1.82, 2.24) is 0 Å². The summed E-state index contributed by atoms with van der Waals surface area (Å²) in [5, 5.41) is -7.36. The molecule has 0 unspecified atom stereocenters. The van der Waals surface area contributed by atoms with Crippen LogP contribution in [0, 0.1) is 0 Å². The van der Waals surface area contributed by atoms with Crippen LogP contribution < -0.4 is 0 Å². The summed E-state index contributed by atoms with van der Waals surface area (Å²) in [6, 6.07) is 0. The van der Waals surface area contributed by atoms with Crippen molar-refractivity contribution in [3.63, 3.8) is 0 Å². The Morgan fingerprint density at radius 3 is 0.857 bits per heavy atom. The number of unbranched alkanes of at least 4 members (excludes halogenated alkanes) is 20. The van der Waals surface area contributed by atoms with E-state index >= 15 is 17.6 Å². The molecule has 0 amide bonds. The molecule has 0 saturated carbocycles. The van der Waals surface area contributed by atoms with Gasteiger partial charge in [-0.25, -0.2) is 0 Å². The molecule has 56 heavy (non-hydrogen) atoms. The molecule has 0 saturated heterocycles. The Morgan fingerprint density at radius 1 is 0.357 bits per heavy atom. The van der Waals surface area contributed by atoms with Gasteiger partial charge < -0.3 is 0 Å². The van der Waals surface area contributed by atoms with Crippen molar-refractivity contribution in [1.29, 1.82) is 0 Å². The van der Waals surface area contributed by atoms with Crippen molar-refractivity contribution < 1.29 is 69.5 Å². The third-order valence-corrected chi connectivity index (χ3v) is 20.0. The molecule has 0 rings (SSSR count). The Hall–Kier alpha value is -0.570. The molecule has 3 nitrogen and oxygen atoms in total. The quantitative estimate of drug-likeness (QED) is 0.0362. The molecule has 340 valence electrons. The SMILES string of the molecule is CCCCCCCCCCCCCCP(CCCCCC)(CCCCCC)(CCCCCC)OS(=O)(=O)C(F)(F)C(F)(F)C(F)(F)C(F)(F)C(F)(F)C(F)(F)F. The Kier molecular flexibility index (Phi) is 23.8. The molecular weight excluding hydrogens is 814 g/mol. The second-order valence-corrected chi connectivity index (χ2v) is 23.2. The van der Waals surface area contributed by atoms with E-state index in [0.717, 1.165) is 44.9 Å². The first-order valence-electron chi connectivity index (χ1n) is 20.7. The minimum atomic E-state index is -8.23. The topological polar surface area (TPSA) is 43.4 Å². The molecule has 0 spiro atoms. The zero-order valence-corrected chi connectivity index (χ0v) is 35.5.